The molecule has 0 saturated heterocycles. The molecule has 2 aliphatic rings. The average Bonchev–Trinajstić information content (AvgIpc) is 2.74. The Kier molecular flexibility index (Phi) is 4.47. The number of para-hydroxylation sites is 1. The average molecular weight is 286 g/mol. The van der Waals surface area contributed by atoms with E-state index in [0.29, 0.717) is 6.04 Å². The fourth-order valence-corrected chi connectivity index (χ4v) is 4.16. The lowest BCUT2D eigenvalue weighted by Gasteiger charge is -2.41. The van der Waals surface area contributed by atoms with E-state index in [9.17, 15) is 5.21 Å². The van der Waals surface area contributed by atoms with Crippen LogP contribution in [0.25, 0.3) is 0 Å². The molecule has 1 aromatic rings. The summed E-state index contributed by atoms with van der Waals surface area (Å²) < 4.78 is 0. The van der Waals surface area contributed by atoms with Crippen LogP contribution in [0.15, 0.2) is 29.4 Å². The highest BCUT2D eigenvalue weighted by Gasteiger charge is 2.31. The Morgan fingerprint density at radius 1 is 1.19 bits per heavy atom. The van der Waals surface area contributed by atoms with Gasteiger partial charge in [0.05, 0.1) is 5.71 Å². The van der Waals surface area contributed by atoms with Gasteiger partial charge in [0.1, 0.15) is 0 Å². The lowest BCUT2D eigenvalue weighted by Crippen LogP contribution is -2.43. The van der Waals surface area contributed by atoms with Crippen molar-refractivity contribution < 1.29 is 5.21 Å². The van der Waals surface area contributed by atoms with Gasteiger partial charge in [-0.2, -0.15) is 0 Å². The zero-order valence-electron chi connectivity index (χ0n) is 13.0. The van der Waals surface area contributed by atoms with E-state index in [2.05, 4.69) is 35.2 Å². The van der Waals surface area contributed by atoms with Gasteiger partial charge in [-0.25, -0.2) is 0 Å². The van der Waals surface area contributed by atoms with E-state index < -0.39 is 0 Å². The molecular formula is C18H26N2O. The van der Waals surface area contributed by atoms with Crippen molar-refractivity contribution in [2.75, 3.05) is 11.4 Å². The maximum Gasteiger partial charge on any atom is 0.0889 e. The van der Waals surface area contributed by atoms with Crippen molar-refractivity contribution in [1.29, 1.82) is 0 Å². The summed E-state index contributed by atoms with van der Waals surface area (Å²) in [7, 11) is 0. The van der Waals surface area contributed by atoms with Crippen molar-refractivity contribution in [2.45, 2.75) is 57.9 Å². The molecule has 1 fully saturated rings. The summed E-state index contributed by atoms with van der Waals surface area (Å²) in [5.41, 5.74) is 3.24. The molecule has 2 atom stereocenters. The second kappa shape index (κ2) is 6.50. The minimum Gasteiger partial charge on any atom is -0.411 e. The second-order valence-electron chi connectivity index (χ2n) is 6.38. The first-order valence-corrected chi connectivity index (χ1v) is 8.42. The number of rotatable bonds is 2. The molecule has 3 rings (SSSR count). The zero-order chi connectivity index (χ0) is 14.7. The summed E-state index contributed by atoms with van der Waals surface area (Å²) in [4.78, 5) is 2.61. The van der Waals surface area contributed by atoms with Crippen LogP contribution in [0, 0.1) is 5.92 Å². The third-order valence-electron chi connectivity index (χ3n) is 5.25. The van der Waals surface area contributed by atoms with Crippen LogP contribution in [0.1, 0.15) is 57.4 Å². The first-order valence-electron chi connectivity index (χ1n) is 8.42. The van der Waals surface area contributed by atoms with Crippen LogP contribution < -0.4 is 4.90 Å². The summed E-state index contributed by atoms with van der Waals surface area (Å²) in [6.07, 6.45) is 8.60. The van der Waals surface area contributed by atoms with E-state index in [1.54, 1.807) is 0 Å². The Labute approximate surface area is 127 Å². The van der Waals surface area contributed by atoms with Gasteiger partial charge < -0.3 is 10.1 Å². The molecule has 1 N–H and O–H groups in total. The van der Waals surface area contributed by atoms with Gasteiger partial charge in [-0.1, -0.05) is 49.5 Å². The largest absolute Gasteiger partial charge is 0.411 e. The van der Waals surface area contributed by atoms with E-state index in [0.717, 1.165) is 36.6 Å². The molecule has 1 aliphatic carbocycles. The quantitative estimate of drug-likeness (QED) is 0.644. The second-order valence-corrected chi connectivity index (χ2v) is 6.38. The molecule has 2 unspecified atom stereocenters. The van der Waals surface area contributed by atoms with E-state index in [-0.39, 0.29) is 0 Å². The van der Waals surface area contributed by atoms with Crippen LogP contribution >= 0.6 is 0 Å². The Balaban J connectivity index is 1.98. The highest BCUT2D eigenvalue weighted by atomic mass is 16.4. The van der Waals surface area contributed by atoms with Gasteiger partial charge in [-0.05, 0) is 37.7 Å². The number of hydrogen-bond donors (Lipinski definition) is 1. The standard InChI is InChI=1S/C18H26N2O/c1-2-14-8-3-5-11-17(14)20-13-7-10-16(19-21)15-9-4-6-12-18(15)20/h4,6,9,12,14,17,21H,2-3,5,7-8,10-11,13H2,1H3/b19-16-. The van der Waals surface area contributed by atoms with Crippen molar-refractivity contribution in [3.63, 3.8) is 0 Å². The molecule has 1 heterocycles. The van der Waals surface area contributed by atoms with Crippen LogP contribution in [-0.2, 0) is 0 Å². The summed E-state index contributed by atoms with van der Waals surface area (Å²) in [5.74, 6) is 0.805. The van der Waals surface area contributed by atoms with Crippen LogP contribution in [0.3, 0.4) is 0 Å². The first-order chi connectivity index (χ1) is 10.3. The topological polar surface area (TPSA) is 35.8 Å². The van der Waals surface area contributed by atoms with Crippen LogP contribution in [0.5, 0.6) is 0 Å². The van der Waals surface area contributed by atoms with Gasteiger partial charge in [0, 0.05) is 23.8 Å². The molecule has 0 radical (unpaired) electrons. The maximum absolute atomic E-state index is 9.33. The number of oxime groups is 1. The Hall–Kier alpha value is -1.51. The molecule has 3 heteroatoms. The van der Waals surface area contributed by atoms with Crippen molar-refractivity contribution in [2.24, 2.45) is 11.1 Å². The Bertz CT molecular complexity index is 512. The molecule has 3 nitrogen and oxygen atoms in total. The molecular weight excluding hydrogens is 260 g/mol. The lowest BCUT2D eigenvalue weighted by molar-refractivity contribution is 0.285. The van der Waals surface area contributed by atoms with Crippen LogP contribution in [0.4, 0.5) is 5.69 Å². The fraction of sp³-hybridized carbons (Fsp3) is 0.611. The highest BCUT2D eigenvalue weighted by Crippen LogP contribution is 2.36. The third-order valence-corrected chi connectivity index (χ3v) is 5.25. The summed E-state index contributed by atoms with van der Waals surface area (Å²) >= 11 is 0. The minimum absolute atomic E-state index is 0.656. The molecule has 0 amide bonds. The van der Waals surface area contributed by atoms with E-state index in [1.807, 2.05) is 6.07 Å². The number of fused-ring (bicyclic) bond motifs is 1. The van der Waals surface area contributed by atoms with E-state index in [4.69, 9.17) is 0 Å². The number of nitrogens with zero attached hydrogens (tertiary/aromatic N) is 2. The van der Waals surface area contributed by atoms with Crippen molar-refractivity contribution in [3.05, 3.63) is 29.8 Å². The van der Waals surface area contributed by atoms with Crippen LogP contribution in [-0.4, -0.2) is 23.5 Å². The predicted octanol–water partition coefficient (Wildman–Crippen LogP) is 4.43. The van der Waals surface area contributed by atoms with E-state index in [1.165, 1.54) is 37.8 Å². The van der Waals surface area contributed by atoms with Crippen molar-refractivity contribution in [1.82, 2.24) is 0 Å². The molecule has 21 heavy (non-hydrogen) atoms. The van der Waals surface area contributed by atoms with Crippen LogP contribution in [0.2, 0.25) is 0 Å². The first kappa shape index (κ1) is 14.4. The van der Waals surface area contributed by atoms with E-state index >= 15 is 0 Å². The summed E-state index contributed by atoms with van der Waals surface area (Å²) in [5, 5.41) is 12.9. The molecule has 114 valence electrons. The van der Waals surface area contributed by atoms with Gasteiger partial charge in [-0.3, -0.25) is 0 Å². The number of hydrogen-bond acceptors (Lipinski definition) is 3. The van der Waals surface area contributed by atoms with Crippen molar-refractivity contribution >= 4 is 11.4 Å². The van der Waals surface area contributed by atoms with Gasteiger partial charge in [-0.15, -0.1) is 0 Å². The molecule has 1 aromatic carbocycles. The maximum atomic E-state index is 9.33. The van der Waals surface area contributed by atoms with Gasteiger partial charge in [0.2, 0.25) is 0 Å². The minimum atomic E-state index is 0.656. The Morgan fingerprint density at radius 3 is 2.81 bits per heavy atom. The smallest absolute Gasteiger partial charge is 0.0889 e. The monoisotopic (exact) mass is 286 g/mol. The molecule has 1 aliphatic heterocycles. The molecule has 0 bridgehead atoms. The summed E-state index contributed by atoms with van der Waals surface area (Å²) in [6, 6.07) is 9.12. The Morgan fingerprint density at radius 2 is 2.00 bits per heavy atom. The SMILES string of the molecule is CCC1CCCCC1N1CCC/C(=N/O)c2ccccc21. The normalized spacial score (nSPS) is 28.2. The van der Waals surface area contributed by atoms with Crippen molar-refractivity contribution in [3.8, 4) is 0 Å². The fourth-order valence-electron chi connectivity index (χ4n) is 4.16. The lowest BCUT2D eigenvalue weighted by atomic mass is 9.81. The van der Waals surface area contributed by atoms with Gasteiger partial charge >= 0.3 is 0 Å². The number of anilines is 1. The molecule has 0 spiro atoms. The molecule has 0 aromatic heterocycles. The predicted molar refractivity (Wildman–Crippen MR) is 87.4 cm³/mol. The third kappa shape index (κ3) is 2.78. The highest BCUT2D eigenvalue weighted by molar-refractivity contribution is 6.05. The summed E-state index contributed by atoms with van der Waals surface area (Å²) in [6.45, 7) is 3.41. The number of benzene rings is 1. The van der Waals surface area contributed by atoms with Gasteiger partial charge in [0.15, 0.2) is 0 Å². The zero-order valence-corrected chi connectivity index (χ0v) is 13.0. The molecule has 1 saturated carbocycles. The van der Waals surface area contributed by atoms with Gasteiger partial charge in [0.25, 0.3) is 0 Å².